The van der Waals surface area contributed by atoms with Crippen LogP contribution in [0.1, 0.15) is 34.8 Å². The molecule has 0 saturated heterocycles. The maximum atomic E-state index is 12.5. The van der Waals surface area contributed by atoms with Crippen LogP contribution in [0, 0.1) is 0 Å². The third-order valence-electron chi connectivity index (χ3n) is 4.82. The summed E-state index contributed by atoms with van der Waals surface area (Å²) in [4.78, 5) is 32.5. The molecule has 2 aromatic heterocycles. The maximum absolute atomic E-state index is 12.5. The molecule has 0 aliphatic heterocycles. The molecule has 0 unspecified atom stereocenters. The second-order valence-corrected chi connectivity index (χ2v) is 7.63. The molecule has 1 aliphatic rings. The van der Waals surface area contributed by atoms with Gasteiger partial charge in [-0.15, -0.1) is 0 Å². The summed E-state index contributed by atoms with van der Waals surface area (Å²) in [7, 11) is 0. The minimum atomic E-state index is -0.627. The Morgan fingerprint density at radius 1 is 1.29 bits per heavy atom. The maximum Gasteiger partial charge on any atom is 0.269 e. The second-order valence-electron chi connectivity index (χ2n) is 6.82. The number of rotatable bonds is 5. The van der Waals surface area contributed by atoms with Gasteiger partial charge in [0.2, 0.25) is 5.91 Å². The van der Waals surface area contributed by atoms with Gasteiger partial charge in [0.15, 0.2) is 11.5 Å². The molecule has 4 rings (SSSR count). The van der Waals surface area contributed by atoms with Crippen molar-refractivity contribution in [1.82, 2.24) is 19.7 Å². The summed E-state index contributed by atoms with van der Waals surface area (Å²) in [5.74, 6) is -0.391. The van der Waals surface area contributed by atoms with Gasteiger partial charge in [-0.05, 0) is 46.3 Å². The van der Waals surface area contributed by atoms with Gasteiger partial charge in [0.05, 0.1) is 17.9 Å². The Bertz CT molecular complexity index is 1070. The fraction of sp³-hybridized carbons (Fsp3) is 0.278. The number of carbonyl (C=O) groups excluding carboxylic acids is 2. The lowest BCUT2D eigenvalue weighted by Crippen LogP contribution is -2.34. The lowest BCUT2D eigenvalue weighted by atomic mass is 9.75. The number of aromatic nitrogens is 4. The van der Waals surface area contributed by atoms with Gasteiger partial charge >= 0.3 is 0 Å². The molecule has 10 heteroatoms. The number of nitrogens with two attached hydrogens (primary N) is 2. The van der Waals surface area contributed by atoms with E-state index in [1.165, 1.54) is 17.1 Å². The van der Waals surface area contributed by atoms with Crippen LogP contribution < -0.4 is 16.8 Å². The lowest BCUT2D eigenvalue weighted by Gasteiger charge is -2.33. The minimum absolute atomic E-state index is 0.0917. The molecule has 2 heterocycles. The zero-order valence-corrected chi connectivity index (χ0v) is 16.4. The van der Waals surface area contributed by atoms with Crippen molar-refractivity contribution < 1.29 is 9.59 Å². The van der Waals surface area contributed by atoms with Gasteiger partial charge < -0.3 is 16.8 Å². The van der Waals surface area contributed by atoms with Crippen molar-refractivity contribution in [2.45, 2.75) is 31.3 Å². The summed E-state index contributed by atoms with van der Waals surface area (Å²) in [6.45, 7) is -0.0917. The monoisotopic (exact) mass is 443 g/mol. The third-order valence-corrected chi connectivity index (χ3v) is 5.21. The summed E-state index contributed by atoms with van der Waals surface area (Å²) in [6, 6.07) is 5.85. The first-order chi connectivity index (χ1) is 13.4. The first-order valence-corrected chi connectivity index (χ1v) is 9.54. The predicted octanol–water partition coefficient (Wildman–Crippen LogP) is 1.53. The van der Waals surface area contributed by atoms with Crippen molar-refractivity contribution in [2.24, 2.45) is 11.5 Å². The van der Waals surface area contributed by atoms with Crippen LogP contribution in [0.2, 0.25) is 0 Å². The Hall–Kier alpha value is -2.85. The molecule has 28 heavy (non-hydrogen) atoms. The van der Waals surface area contributed by atoms with Crippen molar-refractivity contribution >= 4 is 44.5 Å². The Morgan fingerprint density at radius 2 is 2.07 bits per heavy atom. The fourth-order valence-electron chi connectivity index (χ4n) is 3.52. The number of primary amides is 1. The highest BCUT2D eigenvalue weighted by Crippen LogP contribution is 2.40. The Labute approximate surface area is 168 Å². The fourth-order valence-corrected chi connectivity index (χ4v) is 3.83. The quantitative estimate of drug-likeness (QED) is 0.545. The van der Waals surface area contributed by atoms with Crippen LogP contribution in [-0.2, 0) is 11.3 Å². The topological polar surface area (TPSA) is 142 Å². The Balaban J connectivity index is 1.66. The summed E-state index contributed by atoms with van der Waals surface area (Å²) >= 11 is 3.21. The molecule has 0 radical (unpaired) electrons. The van der Waals surface area contributed by atoms with E-state index in [9.17, 15) is 9.59 Å². The van der Waals surface area contributed by atoms with E-state index in [1.54, 1.807) is 0 Å². The summed E-state index contributed by atoms with van der Waals surface area (Å²) < 4.78 is 1.99. The number of amides is 2. The van der Waals surface area contributed by atoms with E-state index in [0.29, 0.717) is 21.3 Å². The predicted molar refractivity (Wildman–Crippen MR) is 107 cm³/mol. The van der Waals surface area contributed by atoms with E-state index < -0.39 is 5.91 Å². The highest BCUT2D eigenvalue weighted by Gasteiger charge is 2.31. The molecule has 5 N–H and O–H groups in total. The van der Waals surface area contributed by atoms with Crippen molar-refractivity contribution in [1.29, 1.82) is 0 Å². The highest BCUT2D eigenvalue weighted by atomic mass is 79.9. The molecule has 1 aromatic carbocycles. The molecule has 1 saturated carbocycles. The number of nitrogens with one attached hydrogen (secondary N) is 1. The van der Waals surface area contributed by atoms with Gasteiger partial charge in [0, 0.05) is 11.4 Å². The number of benzene rings is 1. The molecule has 1 aliphatic carbocycles. The van der Waals surface area contributed by atoms with E-state index in [1.807, 2.05) is 18.2 Å². The smallest absolute Gasteiger partial charge is 0.269 e. The molecule has 2 amide bonds. The van der Waals surface area contributed by atoms with Crippen LogP contribution in [-0.4, -0.2) is 37.6 Å². The number of anilines is 1. The van der Waals surface area contributed by atoms with Crippen LogP contribution in [0.25, 0.3) is 10.9 Å². The molecule has 1 fully saturated rings. The van der Waals surface area contributed by atoms with Gasteiger partial charge in [-0.25, -0.2) is 4.98 Å². The molecule has 144 valence electrons. The van der Waals surface area contributed by atoms with Crippen LogP contribution in [0.15, 0.2) is 35.2 Å². The lowest BCUT2D eigenvalue weighted by molar-refractivity contribution is -0.116. The molecule has 0 bridgehead atoms. The van der Waals surface area contributed by atoms with Crippen LogP contribution in [0.5, 0.6) is 0 Å². The highest BCUT2D eigenvalue weighted by molar-refractivity contribution is 9.10. The van der Waals surface area contributed by atoms with Crippen LogP contribution in [0.3, 0.4) is 0 Å². The first-order valence-electron chi connectivity index (χ1n) is 8.74. The minimum Gasteiger partial charge on any atom is -0.364 e. The summed E-state index contributed by atoms with van der Waals surface area (Å²) in [6.07, 6.45) is 4.66. The average Bonchev–Trinajstić information content (AvgIpc) is 2.98. The number of fused-ring (bicyclic) bond motifs is 1. The summed E-state index contributed by atoms with van der Waals surface area (Å²) in [5.41, 5.74) is 13.3. The SMILES string of the molecule is NC(=O)c1nn(CC(=O)Nc2cncc(Br)n2)c2cccc(C3CC(N)C3)c12. The molecule has 9 nitrogen and oxygen atoms in total. The summed E-state index contributed by atoms with van der Waals surface area (Å²) in [5, 5.41) is 7.67. The Kier molecular flexibility index (Phi) is 4.82. The standard InChI is InChI=1S/C18H18BrN7O2/c19-13-6-22-7-14(23-13)24-15(27)8-26-12-3-1-2-11(9-4-10(20)5-9)16(12)17(25-26)18(21)28/h1-3,6-7,9-10H,4-5,8,20H2,(H2,21,28)(H,23,24,27). The largest absolute Gasteiger partial charge is 0.364 e. The first kappa shape index (κ1) is 18.5. The molecule has 3 aromatic rings. The van der Waals surface area contributed by atoms with Crippen molar-refractivity contribution in [3.63, 3.8) is 0 Å². The van der Waals surface area contributed by atoms with Gasteiger partial charge in [-0.1, -0.05) is 12.1 Å². The van der Waals surface area contributed by atoms with Gasteiger partial charge in [-0.3, -0.25) is 19.3 Å². The van der Waals surface area contributed by atoms with E-state index in [2.05, 4.69) is 36.3 Å². The van der Waals surface area contributed by atoms with Crippen molar-refractivity contribution in [2.75, 3.05) is 5.32 Å². The normalized spacial score (nSPS) is 18.6. The third kappa shape index (κ3) is 3.48. The van der Waals surface area contributed by atoms with E-state index in [-0.39, 0.29) is 30.1 Å². The molecular weight excluding hydrogens is 426 g/mol. The average molecular weight is 444 g/mol. The van der Waals surface area contributed by atoms with E-state index >= 15 is 0 Å². The number of carbonyl (C=O) groups is 2. The van der Waals surface area contributed by atoms with Gasteiger partial charge in [0.25, 0.3) is 5.91 Å². The van der Waals surface area contributed by atoms with Crippen molar-refractivity contribution in [3.8, 4) is 0 Å². The number of nitrogens with zero attached hydrogens (tertiary/aromatic N) is 4. The van der Waals surface area contributed by atoms with Crippen LogP contribution >= 0.6 is 15.9 Å². The number of hydrogen-bond acceptors (Lipinski definition) is 6. The zero-order chi connectivity index (χ0) is 19.8. The van der Waals surface area contributed by atoms with Gasteiger partial charge in [-0.2, -0.15) is 5.10 Å². The number of halogens is 1. The zero-order valence-electron chi connectivity index (χ0n) is 14.8. The second kappa shape index (κ2) is 7.28. The van der Waals surface area contributed by atoms with E-state index in [0.717, 1.165) is 18.4 Å². The molecule has 0 atom stereocenters. The van der Waals surface area contributed by atoms with Gasteiger partial charge in [0.1, 0.15) is 11.1 Å². The van der Waals surface area contributed by atoms with Crippen LogP contribution in [0.4, 0.5) is 5.82 Å². The number of hydrogen-bond donors (Lipinski definition) is 3. The Morgan fingerprint density at radius 3 is 2.75 bits per heavy atom. The van der Waals surface area contributed by atoms with Crippen molar-refractivity contribution in [3.05, 3.63) is 46.5 Å². The van der Waals surface area contributed by atoms with E-state index in [4.69, 9.17) is 11.5 Å². The molecule has 0 spiro atoms. The molecular formula is C18H18BrN7O2.